The number of halogens is 1. The van der Waals surface area contributed by atoms with Crippen molar-refractivity contribution in [1.82, 2.24) is 0 Å². The second-order valence-electron chi connectivity index (χ2n) is 8.19. The largest absolute Gasteiger partial charge is 0.494 e. The lowest BCUT2D eigenvalue weighted by molar-refractivity contribution is -0.118. The molecule has 0 atom stereocenters. The summed E-state index contributed by atoms with van der Waals surface area (Å²) in [6, 6.07) is 16.5. The average molecular weight is 517 g/mol. The van der Waals surface area contributed by atoms with E-state index in [0.717, 1.165) is 16.8 Å². The minimum Gasteiger partial charge on any atom is -0.494 e. The summed E-state index contributed by atoms with van der Waals surface area (Å²) in [4.78, 5) is 12.5. The van der Waals surface area contributed by atoms with Crippen molar-refractivity contribution in [3.05, 3.63) is 76.8 Å². The fraction of sp³-hybridized carbons (Fsp3) is 0.269. The van der Waals surface area contributed by atoms with Crippen LogP contribution in [0.25, 0.3) is 0 Å². The van der Waals surface area contributed by atoms with Crippen LogP contribution < -0.4 is 19.5 Å². The smallest absolute Gasteiger partial charge is 0.262 e. The Morgan fingerprint density at radius 1 is 1.03 bits per heavy atom. The molecule has 0 aromatic heterocycles. The van der Waals surface area contributed by atoms with Crippen molar-refractivity contribution in [1.29, 1.82) is 0 Å². The number of benzene rings is 3. The maximum atomic E-state index is 12.8. The first-order chi connectivity index (χ1) is 16.6. The number of hydrogen-bond donors (Lipinski definition) is 2. The molecule has 0 aliphatic rings. The van der Waals surface area contributed by atoms with Crippen LogP contribution in [0.1, 0.15) is 37.8 Å². The molecule has 1 amide bonds. The van der Waals surface area contributed by atoms with Gasteiger partial charge < -0.3 is 14.8 Å². The van der Waals surface area contributed by atoms with Gasteiger partial charge >= 0.3 is 0 Å². The van der Waals surface area contributed by atoms with E-state index in [-0.39, 0.29) is 34.1 Å². The van der Waals surface area contributed by atoms with Crippen LogP contribution in [0, 0.1) is 6.92 Å². The highest BCUT2D eigenvalue weighted by atomic mass is 35.5. The van der Waals surface area contributed by atoms with Gasteiger partial charge in [0.25, 0.3) is 15.9 Å². The number of nitrogens with one attached hydrogen (secondary N) is 2. The predicted octanol–water partition coefficient (Wildman–Crippen LogP) is 5.99. The van der Waals surface area contributed by atoms with E-state index in [0.29, 0.717) is 18.0 Å². The van der Waals surface area contributed by atoms with E-state index in [1.165, 1.54) is 18.2 Å². The molecule has 0 saturated heterocycles. The summed E-state index contributed by atoms with van der Waals surface area (Å²) in [7, 11) is -3.88. The van der Waals surface area contributed by atoms with Gasteiger partial charge in [0.15, 0.2) is 6.61 Å². The molecule has 0 aliphatic heterocycles. The highest BCUT2D eigenvalue weighted by molar-refractivity contribution is 7.92. The molecule has 3 aromatic carbocycles. The fourth-order valence-corrected chi connectivity index (χ4v) is 4.81. The Morgan fingerprint density at radius 3 is 2.37 bits per heavy atom. The van der Waals surface area contributed by atoms with Crippen LogP contribution >= 0.6 is 11.6 Å². The molecule has 0 heterocycles. The Balaban J connectivity index is 1.65. The predicted molar refractivity (Wildman–Crippen MR) is 139 cm³/mol. The van der Waals surface area contributed by atoms with Crippen LogP contribution in [0.15, 0.2) is 65.6 Å². The Kier molecular flexibility index (Phi) is 8.64. The molecular weight excluding hydrogens is 488 g/mol. The van der Waals surface area contributed by atoms with E-state index < -0.39 is 10.0 Å². The van der Waals surface area contributed by atoms with E-state index in [1.807, 2.05) is 32.0 Å². The zero-order valence-electron chi connectivity index (χ0n) is 20.1. The van der Waals surface area contributed by atoms with Crippen molar-refractivity contribution in [3.8, 4) is 11.5 Å². The van der Waals surface area contributed by atoms with Crippen molar-refractivity contribution in [2.24, 2.45) is 0 Å². The first kappa shape index (κ1) is 26.4. The van der Waals surface area contributed by atoms with Gasteiger partial charge in [0.05, 0.1) is 16.5 Å². The Morgan fingerprint density at radius 2 is 1.74 bits per heavy atom. The molecule has 7 nitrogen and oxygen atoms in total. The second-order valence-corrected chi connectivity index (χ2v) is 10.3. The van der Waals surface area contributed by atoms with Gasteiger partial charge in [0, 0.05) is 11.4 Å². The summed E-state index contributed by atoms with van der Waals surface area (Å²) in [5.74, 6) is 0.750. The lowest BCUT2D eigenvalue weighted by atomic mass is 9.98. The minimum absolute atomic E-state index is 0.0327. The highest BCUT2D eigenvalue weighted by Crippen LogP contribution is 2.30. The molecule has 3 rings (SSSR count). The number of aryl methyl sites for hydroxylation is 1. The van der Waals surface area contributed by atoms with E-state index in [1.54, 1.807) is 24.3 Å². The number of rotatable bonds is 10. The molecule has 0 saturated carbocycles. The summed E-state index contributed by atoms with van der Waals surface area (Å²) in [5, 5.41) is 2.98. The summed E-state index contributed by atoms with van der Waals surface area (Å²) in [6.45, 7) is 8.15. The third-order valence-corrected chi connectivity index (χ3v) is 6.86. The number of anilines is 2. The zero-order valence-corrected chi connectivity index (χ0v) is 21.7. The summed E-state index contributed by atoms with van der Waals surface area (Å²) >= 11 is 6.26. The molecule has 0 spiro atoms. The monoisotopic (exact) mass is 516 g/mol. The maximum Gasteiger partial charge on any atom is 0.262 e. The first-order valence-electron chi connectivity index (χ1n) is 11.2. The fourth-order valence-electron chi connectivity index (χ4n) is 3.43. The molecule has 3 aromatic rings. The van der Waals surface area contributed by atoms with Crippen molar-refractivity contribution >= 4 is 38.9 Å². The summed E-state index contributed by atoms with van der Waals surface area (Å²) in [5.41, 5.74) is 3.14. The Hall–Kier alpha value is -3.23. The molecule has 0 bridgehead atoms. The third kappa shape index (κ3) is 6.90. The SMILES string of the molecule is CCOc1ccc(NS(=O)(=O)c2ccc(OCC(=O)Nc3c(C)cccc3C(C)C)c(Cl)c2)cc1. The highest BCUT2D eigenvalue weighted by Gasteiger charge is 2.18. The van der Waals surface area contributed by atoms with Gasteiger partial charge in [-0.2, -0.15) is 0 Å². The lowest BCUT2D eigenvalue weighted by Crippen LogP contribution is -2.22. The number of amides is 1. The second kappa shape index (κ2) is 11.5. The van der Waals surface area contributed by atoms with Gasteiger partial charge in [0.2, 0.25) is 0 Å². The van der Waals surface area contributed by atoms with E-state index >= 15 is 0 Å². The Bertz CT molecular complexity index is 1290. The molecule has 2 N–H and O–H groups in total. The molecule has 0 aliphatic carbocycles. The van der Waals surface area contributed by atoms with Gasteiger partial charge in [-0.1, -0.05) is 43.6 Å². The number of carbonyl (C=O) groups is 1. The van der Waals surface area contributed by atoms with Crippen LogP contribution in [0.4, 0.5) is 11.4 Å². The van der Waals surface area contributed by atoms with Gasteiger partial charge in [0.1, 0.15) is 11.5 Å². The number of para-hydroxylation sites is 1. The molecular formula is C26H29ClN2O5S. The number of carbonyl (C=O) groups excluding carboxylic acids is 1. The summed E-state index contributed by atoms with van der Waals surface area (Å²) in [6.07, 6.45) is 0. The quantitative estimate of drug-likeness (QED) is 0.345. The van der Waals surface area contributed by atoms with Crippen LogP contribution in [-0.4, -0.2) is 27.5 Å². The van der Waals surface area contributed by atoms with Crippen molar-refractivity contribution in [2.45, 2.75) is 38.5 Å². The molecule has 9 heteroatoms. The number of hydrogen-bond acceptors (Lipinski definition) is 5. The van der Waals surface area contributed by atoms with E-state index in [9.17, 15) is 13.2 Å². The van der Waals surface area contributed by atoms with Gasteiger partial charge in [-0.25, -0.2) is 8.42 Å². The van der Waals surface area contributed by atoms with Crippen LogP contribution in [-0.2, 0) is 14.8 Å². The van der Waals surface area contributed by atoms with Crippen LogP contribution in [0.3, 0.4) is 0 Å². The molecule has 186 valence electrons. The average Bonchev–Trinajstić information content (AvgIpc) is 2.80. The summed E-state index contributed by atoms with van der Waals surface area (Å²) < 4.78 is 38.9. The molecule has 0 radical (unpaired) electrons. The van der Waals surface area contributed by atoms with E-state index in [2.05, 4.69) is 23.9 Å². The number of sulfonamides is 1. The maximum absolute atomic E-state index is 12.8. The normalized spacial score (nSPS) is 11.3. The minimum atomic E-state index is -3.88. The molecule has 35 heavy (non-hydrogen) atoms. The van der Waals surface area contributed by atoms with Gasteiger partial charge in [-0.15, -0.1) is 0 Å². The van der Waals surface area contributed by atoms with Crippen molar-refractivity contribution < 1.29 is 22.7 Å². The first-order valence-corrected chi connectivity index (χ1v) is 13.0. The lowest BCUT2D eigenvalue weighted by Gasteiger charge is -2.17. The molecule has 0 fully saturated rings. The number of ether oxygens (including phenoxy) is 2. The van der Waals surface area contributed by atoms with E-state index in [4.69, 9.17) is 21.1 Å². The van der Waals surface area contributed by atoms with Gasteiger partial charge in [-0.3, -0.25) is 9.52 Å². The molecule has 0 unspecified atom stereocenters. The third-order valence-electron chi connectivity index (χ3n) is 5.18. The zero-order chi connectivity index (χ0) is 25.6. The van der Waals surface area contributed by atoms with Crippen LogP contribution in [0.5, 0.6) is 11.5 Å². The van der Waals surface area contributed by atoms with Crippen LogP contribution in [0.2, 0.25) is 5.02 Å². The Labute approximate surface area is 211 Å². The van der Waals surface area contributed by atoms with Gasteiger partial charge in [-0.05, 0) is 73.4 Å². The topological polar surface area (TPSA) is 93.7 Å². The van der Waals surface area contributed by atoms with Crippen molar-refractivity contribution in [2.75, 3.05) is 23.3 Å². The van der Waals surface area contributed by atoms with Crippen molar-refractivity contribution in [3.63, 3.8) is 0 Å². The standard InChI is InChI=1S/C26H29ClN2O5S/c1-5-33-20-11-9-19(10-12-20)29-35(31,32)21-13-14-24(23(27)15-21)34-16-25(30)28-26-18(4)7-6-8-22(26)17(2)3/h6-15,17,29H,5,16H2,1-4H3,(H,28,30).